The van der Waals surface area contributed by atoms with E-state index in [0.717, 1.165) is 11.3 Å². The third kappa shape index (κ3) is 3.67. The van der Waals surface area contributed by atoms with Gasteiger partial charge in [-0.25, -0.2) is 13.9 Å². The molecule has 3 rings (SSSR count). The highest BCUT2D eigenvalue weighted by molar-refractivity contribution is 9.10. The van der Waals surface area contributed by atoms with E-state index in [-0.39, 0.29) is 18.0 Å². The van der Waals surface area contributed by atoms with Crippen LogP contribution in [0.4, 0.5) is 10.1 Å². The summed E-state index contributed by atoms with van der Waals surface area (Å²) in [6, 6.07) is 4.49. The molecule has 25 heavy (non-hydrogen) atoms. The van der Waals surface area contributed by atoms with Gasteiger partial charge in [-0.15, -0.1) is 5.10 Å². The molecule has 9 heteroatoms. The van der Waals surface area contributed by atoms with E-state index < -0.39 is 5.82 Å². The van der Waals surface area contributed by atoms with Crippen molar-refractivity contribution in [3.8, 4) is 0 Å². The summed E-state index contributed by atoms with van der Waals surface area (Å²) in [5.74, 6) is -0.313. The van der Waals surface area contributed by atoms with Gasteiger partial charge < -0.3 is 5.32 Å². The van der Waals surface area contributed by atoms with Gasteiger partial charge in [0.25, 0.3) is 5.78 Å². The van der Waals surface area contributed by atoms with Gasteiger partial charge in [-0.1, -0.05) is 27.7 Å². The van der Waals surface area contributed by atoms with Crippen molar-refractivity contribution >= 4 is 45.1 Å². The van der Waals surface area contributed by atoms with Gasteiger partial charge in [0.05, 0.1) is 12.1 Å². The van der Waals surface area contributed by atoms with Crippen molar-refractivity contribution in [1.29, 1.82) is 0 Å². The normalized spacial score (nSPS) is 11.1. The number of nitrogens with zero attached hydrogens (tertiary/aromatic N) is 4. The van der Waals surface area contributed by atoms with Crippen molar-refractivity contribution in [3.63, 3.8) is 0 Å². The number of hydrogen-bond acceptors (Lipinski definition) is 5. The number of aryl methyl sites for hydroxylation is 2. The Balaban J connectivity index is 1.87. The van der Waals surface area contributed by atoms with Crippen LogP contribution in [0.2, 0.25) is 0 Å². The fraction of sp³-hybridized carbons (Fsp3) is 0.250. The van der Waals surface area contributed by atoms with Gasteiger partial charge in [0.1, 0.15) is 5.82 Å². The van der Waals surface area contributed by atoms with Gasteiger partial charge in [-0.05, 0) is 38.3 Å². The number of fused-ring (bicyclic) bond motifs is 1. The Kier molecular flexibility index (Phi) is 5.05. The Morgan fingerprint density at radius 1 is 1.36 bits per heavy atom. The topological polar surface area (TPSA) is 72.2 Å². The molecule has 0 bridgehead atoms. The molecule has 0 atom stereocenters. The standard InChI is InChI=1S/C16H15BrFN5OS/c1-8-11(9(2)23-15(19-8)21-16(22-23)25-3)7-14(24)20-13-5-4-10(17)6-12(13)18/h4-6H,7H2,1-3H3,(H,20,24). The van der Waals surface area contributed by atoms with Crippen molar-refractivity contribution in [2.24, 2.45) is 0 Å². The first kappa shape index (κ1) is 17.8. The summed E-state index contributed by atoms with van der Waals surface area (Å²) in [4.78, 5) is 21.1. The summed E-state index contributed by atoms with van der Waals surface area (Å²) >= 11 is 4.61. The molecule has 2 heterocycles. The maximum absolute atomic E-state index is 13.9. The lowest BCUT2D eigenvalue weighted by molar-refractivity contribution is -0.115. The molecule has 1 N–H and O–H groups in total. The van der Waals surface area contributed by atoms with Crippen LogP contribution < -0.4 is 5.32 Å². The van der Waals surface area contributed by atoms with Crippen molar-refractivity contribution in [2.45, 2.75) is 25.4 Å². The van der Waals surface area contributed by atoms with Crippen LogP contribution >= 0.6 is 27.7 Å². The number of benzene rings is 1. The molecule has 3 aromatic rings. The number of rotatable bonds is 4. The van der Waals surface area contributed by atoms with E-state index in [2.05, 4.69) is 36.3 Å². The molecular weight excluding hydrogens is 409 g/mol. The maximum atomic E-state index is 13.9. The van der Waals surface area contributed by atoms with Crippen LogP contribution in [0.25, 0.3) is 5.78 Å². The highest BCUT2D eigenvalue weighted by atomic mass is 79.9. The molecule has 0 spiro atoms. The predicted molar refractivity (Wildman–Crippen MR) is 98.5 cm³/mol. The zero-order valence-corrected chi connectivity index (χ0v) is 16.2. The SMILES string of the molecule is CSc1nc2nc(C)c(CC(=O)Nc3ccc(Br)cc3F)c(C)n2n1. The van der Waals surface area contributed by atoms with Crippen LogP contribution in [0, 0.1) is 19.7 Å². The zero-order valence-electron chi connectivity index (χ0n) is 13.8. The summed E-state index contributed by atoms with van der Waals surface area (Å²) < 4.78 is 16.1. The van der Waals surface area contributed by atoms with Gasteiger partial charge in [0, 0.05) is 21.4 Å². The monoisotopic (exact) mass is 423 g/mol. The van der Waals surface area contributed by atoms with Gasteiger partial charge in [-0.2, -0.15) is 4.98 Å². The van der Waals surface area contributed by atoms with E-state index in [1.807, 2.05) is 20.1 Å². The molecule has 2 aromatic heterocycles. The molecule has 130 valence electrons. The fourth-order valence-corrected chi connectivity index (χ4v) is 3.15. The molecule has 0 saturated carbocycles. The quantitative estimate of drug-likeness (QED) is 0.649. The number of carbonyl (C=O) groups is 1. The predicted octanol–water partition coefficient (Wildman–Crippen LogP) is 3.55. The Bertz CT molecular complexity index is 975. The molecule has 0 aliphatic carbocycles. The van der Waals surface area contributed by atoms with Crippen LogP contribution in [0.5, 0.6) is 0 Å². The lowest BCUT2D eigenvalue weighted by atomic mass is 10.1. The Morgan fingerprint density at radius 3 is 2.80 bits per heavy atom. The fourth-order valence-electron chi connectivity index (χ4n) is 2.48. The van der Waals surface area contributed by atoms with E-state index >= 15 is 0 Å². The number of carbonyl (C=O) groups excluding carboxylic acids is 1. The van der Waals surface area contributed by atoms with Crippen molar-refractivity contribution in [1.82, 2.24) is 19.6 Å². The van der Waals surface area contributed by atoms with E-state index in [1.54, 1.807) is 10.6 Å². The van der Waals surface area contributed by atoms with E-state index in [4.69, 9.17) is 0 Å². The molecule has 0 aliphatic heterocycles. The first-order valence-corrected chi connectivity index (χ1v) is 9.42. The third-order valence-electron chi connectivity index (χ3n) is 3.75. The van der Waals surface area contributed by atoms with Crippen LogP contribution in [-0.2, 0) is 11.2 Å². The number of amides is 1. The molecule has 1 amide bonds. The van der Waals surface area contributed by atoms with Gasteiger partial charge in [-0.3, -0.25) is 4.79 Å². The maximum Gasteiger partial charge on any atom is 0.253 e. The largest absolute Gasteiger partial charge is 0.323 e. The van der Waals surface area contributed by atoms with Gasteiger partial charge >= 0.3 is 0 Å². The number of hydrogen-bond donors (Lipinski definition) is 1. The molecule has 0 aliphatic rings. The molecule has 0 saturated heterocycles. The Morgan fingerprint density at radius 2 is 2.12 bits per heavy atom. The molecule has 0 unspecified atom stereocenters. The second kappa shape index (κ2) is 7.09. The van der Waals surface area contributed by atoms with Crippen LogP contribution in [-0.4, -0.2) is 31.7 Å². The minimum Gasteiger partial charge on any atom is -0.323 e. The molecule has 0 fully saturated rings. The smallest absolute Gasteiger partial charge is 0.253 e. The molecule has 0 radical (unpaired) electrons. The van der Waals surface area contributed by atoms with Gasteiger partial charge in [0.15, 0.2) is 0 Å². The van der Waals surface area contributed by atoms with Crippen molar-refractivity contribution in [3.05, 3.63) is 45.4 Å². The second-order valence-corrected chi connectivity index (χ2v) is 7.11. The summed E-state index contributed by atoms with van der Waals surface area (Å²) in [5.41, 5.74) is 2.39. The number of nitrogens with one attached hydrogen (secondary N) is 1. The lowest BCUT2D eigenvalue weighted by Gasteiger charge is -2.11. The second-order valence-electron chi connectivity index (χ2n) is 5.42. The van der Waals surface area contributed by atoms with E-state index in [9.17, 15) is 9.18 Å². The van der Waals surface area contributed by atoms with Crippen molar-refractivity contribution in [2.75, 3.05) is 11.6 Å². The summed E-state index contributed by atoms with van der Waals surface area (Å²) in [6.07, 6.45) is 1.96. The minimum absolute atomic E-state index is 0.0740. The van der Waals surface area contributed by atoms with Crippen LogP contribution in [0.1, 0.15) is 17.0 Å². The average molecular weight is 424 g/mol. The zero-order chi connectivity index (χ0) is 18.1. The van der Waals surface area contributed by atoms with Crippen LogP contribution in [0.15, 0.2) is 27.8 Å². The minimum atomic E-state index is -0.495. The first-order valence-electron chi connectivity index (χ1n) is 7.40. The Hall–Kier alpha value is -2.00. The number of aromatic nitrogens is 4. The Labute approximate surface area is 156 Å². The molecule has 6 nitrogen and oxygen atoms in total. The third-order valence-corrected chi connectivity index (χ3v) is 4.79. The highest BCUT2D eigenvalue weighted by Crippen LogP contribution is 2.21. The average Bonchev–Trinajstić information content (AvgIpc) is 2.97. The number of halogens is 2. The van der Waals surface area contributed by atoms with E-state index in [1.165, 1.54) is 23.9 Å². The lowest BCUT2D eigenvalue weighted by Crippen LogP contribution is -2.18. The van der Waals surface area contributed by atoms with Crippen molar-refractivity contribution < 1.29 is 9.18 Å². The summed E-state index contributed by atoms with van der Waals surface area (Å²) in [6.45, 7) is 3.69. The van der Waals surface area contributed by atoms with Gasteiger partial charge in [0.2, 0.25) is 11.1 Å². The summed E-state index contributed by atoms with van der Waals surface area (Å²) in [7, 11) is 0. The first-order chi connectivity index (χ1) is 11.9. The highest BCUT2D eigenvalue weighted by Gasteiger charge is 2.16. The summed E-state index contributed by atoms with van der Waals surface area (Å²) in [5, 5.41) is 7.57. The molecular formula is C16H15BrFN5OS. The van der Waals surface area contributed by atoms with E-state index in [0.29, 0.717) is 21.1 Å². The number of thioether (sulfide) groups is 1. The van der Waals surface area contributed by atoms with Crippen LogP contribution in [0.3, 0.4) is 0 Å². The molecule has 1 aromatic carbocycles. The number of anilines is 1.